The molecule has 1 rings (SSSR count). The van der Waals surface area contributed by atoms with E-state index in [0.717, 1.165) is 16.3 Å². The maximum absolute atomic E-state index is 6.30. The molecule has 0 aliphatic rings. The molecule has 102 valence electrons. The first-order valence-corrected chi connectivity index (χ1v) is 6.66. The van der Waals surface area contributed by atoms with Gasteiger partial charge < -0.3 is 16.2 Å². The van der Waals surface area contributed by atoms with Gasteiger partial charge in [-0.1, -0.05) is 31.5 Å². The highest BCUT2D eigenvalue weighted by molar-refractivity contribution is 6.31. The molecular formula is C14H23ClN2O. The molecule has 0 fully saturated rings. The van der Waals surface area contributed by atoms with Crippen molar-refractivity contribution < 1.29 is 4.74 Å². The number of hydrogen-bond acceptors (Lipinski definition) is 3. The third-order valence-electron chi connectivity index (χ3n) is 3.84. The van der Waals surface area contributed by atoms with Gasteiger partial charge in [0, 0.05) is 5.02 Å². The van der Waals surface area contributed by atoms with Crippen LogP contribution in [0.15, 0.2) is 18.2 Å². The Bertz CT molecular complexity index is 380. The Balaban J connectivity index is 2.92. The maximum Gasteiger partial charge on any atom is 0.120 e. The lowest BCUT2D eigenvalue weighted by molar-refractivity contribution is 0.328. The van der Waals surface area contributed by atoms with Gasteiger partial charge in [-0.05, 0) is 48.5 Å². The molecule has 1 aromatic carbocycles. The molecule has 0 saturated heterocycles. The Hall–Kier alpha value is -0.770. The fraction of sp³-hybridized carbons (Fsp3) is 0.571. The number of benzene rings is 1. The average molecular weight is 271 g/mol. The highest BCUT2D eigenvalue weighted by atomic mass is 35.5. The molecule has 2 unspecified atom stereocenters. The third kappa shape index (κ3) is 3.37. The second-order valence-corrected chi connectivity index (χ2v) is 5.17. The summed E-state index contributed by atoms with van der Waals surface area (Å²) in [6, 6.07) is 5.80. The van der Waals surface area contributed by atoms with Crippen molar-refractivity contribution in [1.82, 2.24) is 0 Å². The number of ether oxygens (including phenoxy) is 1. The lowest BCUT2D eigenvalue weighted by Gasteiger charge is -2.28. The molecule has 1 aromatic rings. The molecule has 0 spiro atoms. The van der Waals surface area contributed by atoms with Crippen LogP contribution >= 0.6 is 11.6 Å². The molecule has 4 N–H and O–H groups in total. The van der Waals surface area contributed by atoms with E-state index in [1.807, 2.05) is 18.2 Å². The number of nitrogens with two attached hydrogens (primary N) is 2. The molecule has 0 radical (unpaired) electrons. The van der Waals surface area contributed by atoms with Crippen LogP contribution in [0.4, 0.5) is 0 Å². The first-order chi connectivity index (χ1) is 8.54. The molecule has 0 heterocycles. The standard InChI is InChI=1S/C14H23ClN2O/c1-9(11(7-16)8-17)10(2)13-5-4-12(18-3)6-14(13)15/h4-6,9-11H,7-8,16-17H2,1-3H3. The Morgan fingerprint density at radius 2 is 1.83 bits per heavy atom. The van der Waals surface area contributed by atoms with Crippen molar-refractivity contribution in [3.05, 3.63) is 28.8 Å². The monoisotopic (exact) mass is 270 g/mol. The van der Waals surface area contributed by atoms with Crippen molar-refractivity contribution in [2.45, 2.75) is 19.8 Å². The van der Waals surface area contributed by atoms with Gasteiger partial charge in [-0.3, -0.25) is 0 Å². The van der Waals surface area contributed by atoms with Gasteiger partial charge in [0.2, 0.25) is 0 Å². The maximum atomic E-state index is 6.30. The quantitative estimate of drug-likeness (QED) is 0.835. The first-order valence-electron chi connectivity index (χ1n) is 6.28. The Labute approximate surface area is 114 Å². The molecule has 0 saturated carbocycles. The minimum absolute atomic E-state index is 0.318. The van der Waals surface area contributed by atoms with Gasteiger partial charge in [0.05, 0.1) is 7.11 Å². The zero-order valence-electron chi connectivity index (χ0n) is 11.3. The molecule has 0 amide bonds. The SMILES string of the molecule is COc1ccc(C(C)C(C)C(CN)CN)c(Cl)c1. The zero-order chi connectivity index (χ0) is 13.7. The van der Waals surface area contributed by atoms with Gasteiger partial charge >= 0.3 is 0 Å². The Morgan fingerprint density at radius 1 is 1.22 bits per heavy atom. The summed E-state index contributed by atoms with van der Waals surface area (Å²) in [7, 11) is 1.64. The second-order valence-electron chi connectivity index (χ2n) is 4.77. The summed E-state index contributed by atoms with van der Waals surface area (Å²) < 4.78 is 5.16. The molecule has 0 aromatic heterocycles. The van der Waals surface area contributed by atoms with Crippen molar-refractivity contribution in [1.29, 1.82) is 0 Å². The number of halogens is 1. The fourth-order valence-corrected chi connectivity index (χ4v) is 2.56. The summed E-state index contributed by atoms with van der Waals surface area (Å²) >= 11 is 6.30. The van der Waals surface area contributed by atoms with E-state index in [4.69, 9.17) is 27.8 Å². The number of rotatable bonds is 6. The molecule has 4 heteroatoms. The van der Waals surface area contributed by atoms with Crippen LogP contribution in [0.5, 0.6) is 5.75 Å². The van der Waals surface area contributed by atoms with Gasteiger partial charge in [-0.2, -0.15) is 0 Å². The summed E-state index contributed by atoms with van der Waals surface area (Å²) in [5, 5.41) is 0.737. The normalized spacial score (nSPS) is 14.6. The minimum Gasteiger partial charge on any atom is -0.497 e. The molecule has 18 heavy (non-hydrogen) atoms. The van der Waals surface area contributed by atoms with Gasteiger partial charge in [0.1, 0.15) is 5.75 Å². The predicted octanol–water partition coefficient (Wildman–Crippen LogP) is 2.62. The Morgan fingerprint density at radius 3 is 2.28 bits per heavy atom. The summed E-state index contributed by atoms with van der Waals surface area (Å²) in [5.41, 5.74) is 12.6. The van der Waals surface area contributed by atoms with E-state index in [1.54, 1.807) is 7.11 Å². The first kappa shape index (κ1) is 15.3. The van der Waals surface area contributed by atoms with E-state index in [-0.39, 0.29) is 0 Å². The Kier molecular flexibility index (Phi) is 5.93. The van der Waals surface area contributed by atoms with Crippen LogP contribution < -0.4 is 16.2 Å². The number of methoxy groups -OCH3 is 1. The van der Waals surface area contributed by atoms with E-state index in [0.29, 0.717) is 30.8 Å². The predicted molar refractivity (Wildman–Crippen MR) is 77.2 cm³/mol. The van der Waals surface area contributed by atoms with E-state index in [9.17, 15) is 0 Å². The van der Waals surface area contributed by atoms with Gasteiger partial charge in [-0.15, -0.1) is 0 Å². The van der Waals surface area contributed by atoms with Crippen molar-refractivity contribution in [3.8, 4) is 5.75 Å². The molecule has 0 aliphatic heterocycles. The van der Waals surface area contributed by atoms with Crippen molar-refractivity contribution >= 4 is 11.6 Å². The molecule has 0 aliphatic carbocycles. The van der Waals surface area contributed by atoms with Crippen LogP contribution in [0.1, 0.15) is 25.3 Å². The van der Waals surface area contributed by atoms with E-state index >= 15 is 0 Å². The largest absolute Gasteiger partial charge is 0.497 e. The van der Waals surface area contributed by atoms with Crippen LogP contribution in [0.2, 0.25) is 5.02 Å². The van der Waals surface area contributed by atoms with E-state index in [2.05, 4.69) is 13.8 Å². The average Bonchev–Trinajstić information content (AvgIpc) is 2.39. The highest BCUT2D eigenvalue weighted by Crippen LogP contribution is 2.35. The van der Waals surface area contributed by atoms with Crippen LogP contribution in [0, 0.1) is 11.8 Å². The molecule has 0 bridgehead atoms. The summed E-state index contributed by atoms with van der Waals surface area (Å²) in [5.74, 6) is 1.81. The van der Waals surface area contributed by atoms with Crippen molar-refractivity contribution in [2.24, 2.45) is 23.3 Å². The fourth-order valence-electron chi connectivity index (χ4n) is 2.22. The molecular weight excluding hydrogens is 248 g/mol. The second kappa shape index (κ2) is 6.98. The summed E-state index contributed by atoms with van der Waals surface area (Å²) in [6.45, 7) is 5.55. The van der Waals surface area contributed by atoms with Crippen molar-refractivity contribution in [2.75, 3.05) is 20.2 Å². The van der Waals surface area contributed by atoms with Gasteiger partial charge in [-0.25, -0.2) is 0 Å². The van der Waals surface area contributed by atoms with Crippen molar-refractivity contribution in [3.63, 3.8) is 0 Å². The lowest BCUT2D eigenvalue weighted by Crippen LogP contribution is -2.31. The zero-order valence-corrected chi connectivity index (χ0v) is 12.1. The topological polar surface area (TPSA) is 61.3 Å². The van der Waals surface area contributed by atoms with Crippen LogP contribution in [-0.4, -0.2) is 20.2 Å². The smallest absolute Gasteiger partial charge is 0.120 e. The van der Waals surface area contributed by atoms with Gasteiger partial charge in [0.15, 0.2) is 0 Å². The van der Waals surface area contributed by atoms with E-state index < -0.39 is 0 Å². The van der Waals surface area contributed by atoms with Crippen LogP contribution in [-0.2, 0) is 0 Å². The van der Waals surface area contributed by atoms with E-state index in [1.165, 1.54) is 0 Å². The molecule has 2 atom stereocenters. The molecule has 3 nitrogen and oxygen atoms in total. The van der Waals surface area contributed by atoms with Crippen LogP contribution in [0.3, 0.4) is 0 Å². The summed E-state index contributed by atoms with van der Waals surface area (Å²) in [6.07, 6.45) is 0. The van der Waals surface area contributed by atoms with Gasteiger partial charge in [0.25, 0.3) is 0 Å². The highest BCUT2D eigenvalue weighted by Gasteiger charge is 2.23. The minimum atomic E-state index is 0.318. The third-order valence-corrected chi connectivity index (χ3v) is 4.16. The summed E-state index contributed by atoms with van der Waals surface area (Å²) in [4.78, 5) is 0. The number of hydrogen-bond donors (Lipinski definition) is 2. The van der Waals surface area contributed by atoms with Crippen LogP contribution in [0.25, 0.3) is 0 Å². The lowest BCUT2D eigenvalue weighted by atomic mass is 9.80.